The van der Waals surface area contributed by atoms with Crippen molar-refractivity contribution in [3.8, 4) is 5.75 Å². The van der Waals surface area contributed by atoms with E-state index in [-0.39, 0.29) is 6.61 Å². The van der Waals surface area contributed by atoms with Crippen molar-refractivity contribution in [2.75, 3.05) is 26.2 Å². The maximum atomic E-state index is 10.3. The number of hydrogen-bond donors (Lipinski definition) is 1. The van der Waals surface area contributed by atoms with Gasteiger partial charge in [0.1, 0.15) is 24.0 Å². The highest BCUT2D eigenvalue weighted by Gasteiger charge is 2.25. The Kier molecular flexibility index (Phi) is 6.07. The molecule has 28 heavy (non-hydrogen) atoms. The first-order valence-corrected chi connectivity index (χ1v) is 10.2. The van der Waals surface area contributed by atoms with Crippen molar-refractivity contribution in [3.63, 3.8) is 0 Å². The van der Waals surface area contributed by atoms with Crippen molar-refractivity contribution in [2.45, 2.75) is 24.9 Å². The third kappa shape index (κ3) is 4.61. The van der Waals surface area contributed by atoms with E-state index in [1.807, 2.05) is 24.3 Å². The lowest BCUT2D eigenvalue weighted by Crippen LogP contribution is -2.40. The molecule has 1 aromatic heterocycles. The summed E-state index contributed by atoms with van der Waals surface area (Å²) in [6.45, 7) is 2.50. The Labute approximate surface area is 173 Å². The number of oxazole rings is 1. The van der Waals surface area contributed by atoms with Gasteiger partial charge >= 0.3 is 0 Å². The SMILES string of the molecule is OC(COc1cc(Cl)ccc1Cl)CN1CCC(c2nc3ccccc3o2)CC1. The summed E-state index contributed by atoms with van der Waals surface area (Å²) in [5, 5.41) is 11.4. The second-order valence-electron chi connectivity index (χ2n) is 7.13. The van der Waals surface area contributed by atoms with Crippen molar-refractivity contribution >= 4 is 34.3 Å². The molecule has 2 aromatic carbocycles. The van der Waals surface area contributed by atoms with Crippen molar-refractivity contribution in [2.24, 2.45) is 0 Å². The number of likely N-dealkylation sites (tertiary alicyclic amines) is 1. The number of β-amino-alcohol motifs (C(OH)–C–C–N with tert-alkyl or cyclic N) is 1. The van der Waals surface area contributed by atoms with Gasteiger partial charge in [0, 0.05) is 23.6 Å². The molecule has 1 saturated heterocycles. The second kappa shape index (κ2) is 8.70. The molecule has 148 valence electrons. The first-order valence-electron chi connectivity index (χ1n) is 9.42. The van der Waals surface area contributed by atoms with Crippen LogP contribution in [0.1, 0.15) is 24.7 Å². The van der Waals surface area contributed by atoms with E-state index in [1.165, 1.54) is 0 Å². The fraction of sp³-hybridized carbons (Fsp3) is 0.381. The maximum Gasteiger partial charge on any atom is 0.198 e. The van der Waals surface area contributed by atoms with Crippen LogP contribution in [0.25, 0.3) is 11.1 Å². The van der Waals surface area contributed by atoms with Gasteiger partial charge in [0.2, 0.25) is 0 Å². The van der Waals surface area contributed by atoms with Gasteiger partial charge in [-0.2, -0.15) is 0 Å². The van der Waals surface area contributed by atoms with Crippen molar-refractivity contribution < 1.29 is 14.3 Å². The van der Waals surface area contributed by atoms with E-state index in [2.05, 4.69) is 9.88 Å². The van der Waals surface area contributed by atoms with Crippen LogP contribution >= 0.6 is 23.2 Å². The van der Waals surface area contributed by atoms with Crippen molar-refractivity contribution in [1.29, 1.82) is 0 Å². The normalized spacial score (nSPS) is 17.1. The van der Waals surface area contributed by atoms with Gasteiger partial charge < -0.3 is 19.2 Å². The second-order valence-corrected chi connectivity index (χ2v) is 7.98. The standard InChI is InChI=1S/C21H22Cl2N2O3/c22-15-5-6-17(23)20(11-15)27-13-16(26)12-25-9-7-14(8-10-25)21-24-18-3-1-2-4-19(18)28-21/h1-6,11,14,16,26H,7-10,12-13H2. The maximum absolute atomic E-state index is 10.3. The third-order valence-electron chi connectivity index (χ3n) is 5.04. The number of aliphatic hydroxyl groups is 1. The summed E-state index contributed by atoms with van der Waals surface area (Å²) in [6, 6.07) is 12.9. The van der Waals surface area contributed by atoms with E-state index in [0.29, 0.717) is 28.3 Å². The molecule has 0 radical (unpaired) electrons. The summed E-state index contributed by atoms with van der Waals surface area (Å²) in [6.07, 6.45) is 1.32. The quantitative estimate of drug-likeness (QED) is 0.622. The Hall–Kier alpha value is -1.79. The zero-order chi connectivity index (χ0) is 19.5. The molecule has 1 atom stereocenters. The molecule has 0 aliphatic carbocycles. The summed E-state index contributed by atoms with van der Waals surface area (Å²) in [4.78, 5) is 6.87. The predicted octanol–water partition coefficient (Wildman–Crippen LogP) is 4.75. The number of para-hydroxylation sites is 2. The summed E-state index contributed by atoms with van der Waals surface area (Å²) >= 11 is 12.0. The summed E-state index contributed by atoms with van der Waals surface area (Å²) in [7, 11) is 0. The Balaban J connectivity index is 1.26. The predicted molar refractivity (Wildman–Crippen MR) is 110 cm³/mol. The molecule has 0 saturated carbocycles. The molecular weight excluding hydrogens is 399 g/mol. The van der Waals surface area contributed by atoms with Gasteiger partial charge in [0.15, 0.2) is 11.5 Å². The minimum atomic E-state index is -0.601. The van der Waals surface area contributed by atoms with Crippen LogP contribution in [0.2, 0.25) is 10.0 Å². The summed E-state index contributed by atoms with van der Waals surface area (Å²) < 4.78 is 11.5. The van der Waals surface area contributed by atoms with Gasteiger partial charge in [0.25, 0.3) is 0 Å². The van der Waals surface area contributed by atoms with Gasteiger partial charge in [-0.3, -0.25) is 0 Å². The monoisotopic (exact) mass is 420 g/mol. The van der Waals surface area contributed by atoms with E-state index in [0.717, 1.165) is 42.9 Å². The molecule has 7 heteroatoms. The average Bonchev–Trinajstić information content (AvgIpc) is 3.13. The zero-order valence-corrected chi connectivity index (χ0v) is 16.9. The molecule has 1 fully saturated rings. The lowest BCUT2D eigenvalue weighted by molar-refractivity contribution is 0.0584. The zero-order valence-electron chi connectivity index (χ0n) is 15.4. The highest BCUT2D eigenvalue weighted by atomic mass is 35.5. The van der Waals surface area contributed by atoms with E-state index in [1.54, 1.807) is 18.2 Å². The molecule has 2 heterocycles. The van der Waals surface area contributed by atoms with E-state index < -0.39 is 6.10 Å². The number of aliphatic hydroxyl groups excluding tert-OH is 1. The Morgan fingerprint density at radius 3 is 2.75 bits per heavy atom. The number of rotatable bonds is 6. The number of hydrogen-bond acceptors (Lipinski definition) is 5. The first kappa shape index (κ1) is 19.5. The smallest absolute Gasteiger partial charge is 0.198 e. The Morgan fingerprint density at radius 2 is 1.96 bits per heavy atom. The van der Waals surface area contributed by atoms with Crippen LogP contribution in [-0.2, 0) is 0 Å². The topological polar surface area (TPSA) is 58.7 Å². The Bertz CT molecular complexity index is 905. The van der Waals surface area contributed by atoms with Crippen LogP contribution in [-0.4, -0.2) is 47.3 Å². The van der Waals surface area contributed by atoms with Gasteiger partial charge in [-0.25, -0.2) is 4.98 Å². The van der Waals surface area contributed by atoms with Crippen LogP contribution < -0.4 is 4.74 Å². The van der Waals surface area contributed by atoms with Crippen LogP contribution in [0.5, 0.6) is 5.75 Å². The molecular formula is C21H22Cl2N2O3. The molecule has 0 amide bonds. The lowest BCUT2D eigenvalue weighted by Gasteiger charge is -2.31. The van der Waals surface area contributed by atoms with Gasteiger partial charge in [-0.1, -0.05) is 35.3 Å². The van der Waals surface area contributed by atoms with E-state index >= 15 is 0 Å². The highest BCUT2D eigenvalue weighted by Crippen LogP contribution is 2.30. The number of halogens is 2. The molecule has 0 spiro atoms. The highest BCUT2D eigenvalue weighted by molar-refractivity contribution is 6.34. The van der Waals surface area contributed by atoms with Gasteiger partial charge in [0.05, 0.1) is 5.02 Å². The average molecular weight is 421 g/mol. The fourth-order valence-corrected chi connectivity index (χ4v) is 3.89. The number of piperidine rings is 1. The number of aromatic nitrogens is 1. The van der Waals surface area contributed by atoms with E-state index in [9.17, 15) is 5.11 Å². The molecule has 0 bridgehead atoms. The number of ether oxygens (including phenoxy) is 1. The molecule has 1 aliphatic rings. The number of benzene rings is 2. The molecule has 3 aromatic rings. The summed E-state index contributed by atoms with van der Waals surface area (Å²) in [5.74, 6) is 1.63. The molecule has 1 N–H and O–H groups in total. The minimum Gasteiger partial charge on any atom is -0.489 e. The first-order chi connectivity index (χ1) is 13.6. The lowest BCUT2D eigenvalue weighted by atomic mass is 9.96. The molecule has 1 unspecified atom stereocenters. The molecule has 1 aliphatic heterocycles. The van der Waals surface area contributed by atoms with Crippen LogP contribution in [0.15, 0.2) is 46.9 Å². The van der Waals surface area contributed by atoms with Crippen LogP contribution in [0.4, 0.5) is 0 Å². The van der Waals surface area contributed by atoms with Gasteiger partial charge in [-0.15, -0.1) is 0 Å². The number of nitrogens with zero attached hydrogens (tertiary/aromatic N) is 2. The van der Waals surface area contributed by atoms with Crippen LogP contribution in [0, 0.1) is 0 Å². The third-order valence-corrected chi connectivity index (χ3v) is 5.59. The number of fused-ring (bicyclic) bond motifs is 1. The van der Waals surface area contributed by atoms with E-state index in [4.69, 9.17) is 32.4 Å². The van der Waals surface area contributed by atoms with Crippen LogP contribution in [0.3, 0.4) is 0 Å². The fourth-order valence-electron chi connectivity index (χ4n) is 3.55. The largest absolute Gasteiger partial charge is 0.489 e. The minimum absolute atomic E-state index is 0.172. The summed E-state index contributed by atoms with van der Waals surface area (Å²) in [5.41, 5.74) is 1.75. The van der Waals surface area contributed by atoms with Crippen molar-refractivity contribution in [1.82, 2.24) is 9.88 Å². The Morgan fingerprint density at radius 1 is 1.18 bits per heavy atom. The molecule has 4 rings (SSSR count). The van der Waals surface area contributed by atoms with Gasteiger partial charge in [-0.05, 0) is 50.2 Å². The van der Waals surface area contributed by atoms with Crippen molar-refractivity contribution in [3.05, 3.63) is 58.4 Å². The molecule has 5 nitrogen and oxygen atoms in total.